The maximum absolute atomic E-state index is 12.3. The summed E-state index contributed by atoms with van der Waals surface area (Å²) in [7, 11) is -1.39. The van der Waals surface area contributed by atoms with Crippen LogP contribution in [0.25, 0.3) is 0 Å². The van der Waals surface area contributed by atoms with Crippen molar-refractivity contribution in [3.05, 3.63) is 0 Å². The molecule has 1 unspecified atom stereocenters. The zero-order valence-corrected chi connectivity index (χ0v) is 12.1. The lowest BCUT2D eigenvalue weighted by Gasteiger charge is -2.27. The van der Waals surface area contributed by atoms with E-state index < -0.39 is 10.0 Å². The van der Waals surface area contributed by atoms with Gasteiger partial charge in [-0.2, -0.15) is 0 Å². The summed E-state index contributed by atoms with van der Waals surface area (Å²) in [5, 5.41) is 2.85. The summed E-state index contributed by atoms with van der Waals surface area (Å²) in [5.74, 6) is 0. The summed E-state index contributed by atoms with van der Waals surface area (Å²) in [6.45, 7) is 5.31. The number of nitrogens with zero attached hydrogens (tertiary/aromatic N) is 1. The van der Waals surface area contributed by atoms with E-state index in [9.17, 15) is 8.42 Å². The molecule has 1 aliphatic carbocycles. The van der Waals surface area contributed by atoms with Crippen LogP contribution in [0.1, 0.15) is 46.0 Å². The monoisotopic (exact) mass is 262 g/mol. The second-order valence-electron chi connectivity index (χ2n) is 5.01. The van der Waals surface area contributed by atoms with E-state index in [2.05, 4.69) is 12.2 Å². The van der Waals surface area contributed by atoms with Crippen LogP contribution >= 0.6 is 0 Å². The van der Waals surface area contributed by atoms with Gasteiger partial charge in [0.2, 0.25) is 10.0 Å². The minimum absolute atomic E-state index is 0.230. The first-order chi connectivity index (χ1) is 8.00. The summed E-state index contributed by atoms with van der Waals surface area (Å²) in [4.78, 5) is 0. The molecule has 0 aliphatic heterocycles. The zero-order valence-electron chi connectivity index (χ0n) is 11.3. The lowest BCUT2D eigenvalue weighted by molar-refractivity contribution is 0.367. The molecule has 0 saturated heterocycles. The molecule has 102 valence electrons. The number of hydrogen-bond acceptors (Lipinski definition) is 3. The average molecular weight is 262 g/mol. The highest BCUT2D eigenvalue weighted by atomic mass is 32.2. The Morgan fingerprint density at radius 1 is 1.35 bits per heavy atom. The number of hydrogen-bond donors (Lipinski definition) is 1. The Morgan fingerprint density at radius 3 is 2.47 bits per heavy atom. The van der Waals surface area contributed by atoms with Gasteiger partial charge in [0.05, 0.1) is 5.25 Å². The Hall–Kier alpha value is -0.130. The van der Waals surface area contributed by atoms with E-state index in [1.54, 1.807) is 18.3 Å². The van der Waals surface area contributed by atoms with Crippen molar-refractivity contribution in [2.75, 3.05) is 20.1 Å². The number of rotatable bonds is 7. The molecular formula is C12H26N2O2S. The van der Waals surface area contributed by atoms with Crippen molar-refractivity contribution in [3.8, 4) is 0 Å². The fourth-order valence-electron chi connectivity index (χ4n) is 2.35. The number of sulfonamides is 1. The molecule has 1 fully saturated rings. The second kappa shape index (κ2) is 6.71. The van der Waals surface area contributed by atoms with Crippen molar-refractivity contribution in [1.82, 2.24) is 9.62 Å². The third kappa shape index (κ3) is 3.93. The highest BCUT2D eigenvalue weighted by Crippen LogP contribution is 2.25. The van der Waals surface area contributed by atoms with Crippen LogP contribution in [-0.4, -0.2) is 44.2 Å². The maximum Gasteiger partial charge on any atom is 0.217 e. The van der Waals surface area contributed by atoms with E-state index in [0.29, 0.717) is 6.54 Å². The zero-order chi connectivity index (χ0) is 12.9. The van der Waals surface area contributed by atoms with Crippen LogP contribution < -0.4 is 5.32 Å². The first kappa shape index (κ1) is 14.9. The molecule has 5 heteroatoms. The van der Waals surface area contributed by atoms with Gasteiger partial charge < -0.3 is 5.32 Å². The molecule has 0 spiro atoms. The van der Waals surface area contributed by atoms with Crippen molar-refractivity contribution in [1.29, 1.82) is 0 Å². The molecule has 0 amide bonds. The molecular weight excluding hydrogens is 236 g/mol. The molecule has 0 aromatic carbocycles. The summed E-state index contributed by atoms with van der Waals surface area (Å²) in [6, 6.07) is 0.230. The largest absolute Gasteiger partial charge is 0.315 e. The smallest absolute Gasteiger partial charge is 0.217 e. The number of nitrogens with one attached hydrogen (secondary N) is 1. The Bertz CT molecular complexity index is 310. The van der Waals surface area contributed by atoms with Crippen molar-refractivity contribution < 1.29 is 8.42 Å². The highest BCUT2D eigenvalue weighted by molar-refractivity contribution is 7.89. The maximum atomic E-state index is 12.3. The first-order valence-corrected chi connectivity index (χ1v) is 8.18. The third-order valence-electron chi connectivity index (χ3n) is 3.61. The van der Waals surface area contributed by atoms with Crippen LogP contribution in [0.2, 0.25) is 0 Å². The van der Waals surface area contributed by atoms with Crippen LogP contribution in [0.5, 0.6) is 0 Å². The average Bonchev–Trinajstić information content (AvgIpc) is 2.81. The Kier molecular flexibility index (Phi) is 5.89. The van der Waals surface area contributed by atoms with Gasteiger partial charge in [-0.15, -0.1) is 0 Å². The molecule has 4 nitrogen and oxygen atoms in total. The molecule has 1 atom stereocenters. The van der Waals surface area contributed by atoms with Crippen molar-refractivity contribution in [2.24, 2.45) is 0 Å². The van der Waals surface area contributed by atoms with Gasteiger partial charge in [-0.3, -0.25) is 0 Å². The Balaban J connectivity index is 2.53. The Labute approximate surface area is 106 Å². The van der Waals surface area contributed by atoms with E-state index in [-0.39, 0.29) is 11.3 Å². The van der Waals surface area contributed by atoms with E-state index >= 15 is 0 Å². The first-order valence-electron chi connectivity index (χ1n) is 6.67. The Morgan fingerprint density at radius 2 is 1.94 bits per heavy atom. The predicted octanol–water partition coefficient (Wildman–Crippen LogP) is 1.58. The molecule has 0 heterocycles. The van der Waals surface area contributed by atoms with Crippen molar-refractivity contribution in [3.63, 3.8) is 0 Å². The van der Waals surface area contributed by atoms with Gasteiger partial charge in [0, 0.05) is 19.6 Å². The van der Waals surface area contributed by atoms with Gasteiger partial charge in [0.1, 0.15) is 0 Å². The topological polar surface area (TPSA) is 49.4 Å². The van der Waals surface area contributed by atoms with Crippen molar-refractivity contribution >= 4 is 10.0 Å². The molecule has 17 heavy (non-hydrogen) atoms. The van der Waals surface area contributed by atoms with E-state index in [4.69, 9.17) is 0 Å². The van der Waals surface area contributed by atoms with Crippen molar-refractivity contribution in [2.45, 2.75) is 57.2 Å². The van der Waals surface area contributed by atoms with Gasteiger partial charge in [-0.05, 0) is 32.7 Å². The van der Waals surface area contributed by atoms with Gasteiger partial charge in [-0.25, -0.2) is 12.7 Å². The van der Waals surface area contributed by atoms with Gasteiger partial charge in [-0.1, -0.05) is 19.8 Å². The minimum atomic E-state index is -3.13. The molecule has 1 N–H and O–H groups in total. The van der Waals surface area contributed by atoms with Crippen LogP contribution in [0.4, 0.5) is 0 Å². The van der Waals surface area contributed by atoms with E-state index in [1.807, 2.05) is 0 Å². The van der Waals surface area contributed by atoms with Crippen LogP contribution in [0.3, 0.4) is 0 Å². The van der Waals surface area contributed by atoms with Gasteiger partial charge in [0.25, 0.3) is 0 Å². The summed E-state index contributed by atoms with van der Waals surface area (Å²) >= 11 is 0. The lowest BCUT2D eigenvalue weighted by Crippen LogP contribution is -2.44. The van der Waals surface area contributed by atoms with Gasteiger partial charge >= 0.3 is 0 Å². The van der Waals surface area contributed by atoms with Crippen LogP contribution in [0.15, 0.2) is 0 Å². The molecule has 1 saturated carbocycles. The normalized spacial score (nSPS) is 20.0. The predicted molar refractivity (Wildman–Crippen MR) is 71.6 cm³/mol. The fourth-order valence-corrected chi connectivity index (χ4v) is 3.87. The highest BCUT2D eigenvalue weighted by Gasteiger charge is 2.32. The third-order valence-corrected chi connectivity index (χ3v) is 5.89. The quantitative estimate of drug-likeness (QED) is 0.709. The van der Waals surface area contributed by atoms with Gasteiger partial charge in [0.15, 0.2) is 0 Å². The molecule has 0 aromatic heterocycles. The standard InChI is InChI=1S/C12H26N2O2S/c1-4-9-13-10-11(2)17(15,16)14(3)12-7-5-6-8-12/h11-13H,4-10H2,1-3H3. The molecule has 0 radical (unpaired) electrons. The van der Waals surface area contributed by atoms with E-state index in [0.717, 1.165) is 38.6 Å². The molecule has 1 rings (SSSR count). The summed E-state index contributed by atoms with van der Waals surface area (Å²) < 4.78 is 26.2. The summed E-state index contributed by atoms with van der Waals surface area (Å²) in [6.07, 6.45) is 5.39. The minimum Gasteiger partial charge on any atom is -0.315 e. The summed E-state index contributed by atoms with van der Waals surface area (Å²) in [5.41, 5.74) is 0. The van der Waals surface area contributed by atoms with Crippen LogP contribution in [-0.2, 0) is 10.0 Å². The van der Waals surface area contributed by atoms with E-state index in [1.165, 1.54) is 0 Å². The lowest BCUT2D eigenvalue weighted by atomic mass is 10.3. The SMILES string of the molecule is CCCNCC(C)S(=O)(=O)N(C)C1CCCC1. The molecule has 0 bridgehead atoms. The fraction of sp³-hybridized carbons (Fsp3) is 1.00. The molecule has 0 aromatic rings. The van der Waals surface area contributed by atoms with Crippen LogP contribution in [0, 0.1) is 0 Å². The second-order valence-corrected chi connectivity index (χ2v) is 7.42. The molecule has 1 aliphatic rings.